The van der Waals surface area contributed by atoms with Gasteiger partial charge in [0.2, 0.25) is 5.71 Å². The lowest BCUT2D eigenvalue weighted by atomic mass is 9.99. The minimum Gasteiger partial charge on any atom is -0.437 e. The molecule has 0 radical (unpaired) electrons. The van der Waals surface area contributed by atoms with Crippen molar-refractivity contribution in [3.63, 3.8) is 0 Å². The van der Waals surface area contributed by atoms with Crippen molar-refractivity contribution in [2.75, 3.05) is 0 Å². The third-order valence-corrected chi connectivity index (χ3v) is 5.44. The topological polar surface area (TPSA) is 77.8 Å². The summed E-state index contributed by atoms with van der Waals surface area (Å²) in [6.45, 7) is 0.135. The minimum atomic E-state index is 0.135. The molecule has 0 aliphatic rings. The third-order valence-electron chi connectivity index (χ3n) is 5.44. The number of rotatable bonds is 6. The smallest absolute Gasteiger partial charge is 0.232 e. The largest absolute Gasteiger partial charge is 0.437 e. The standard InChI is InChI=1S/C27H19N5O2/c1-4-10-19(11-5-1)16-29-33-17-22-30-26-24-23(20-12-6-2-7-13-20)25(21-14-8-3-9-15-21)34-27(24)28-18-32(26)31-22/h1-16,18H,17H2/b29-16-. The van der Waals surface area contributed by atoms with Gasteiger partial charge in [-0.2, -0.15) is 0 Å². The van der Waals surface area contributed by atoms with Crippen molar-refractivity contribution in [3.8, 4) is 22.5 Å². The Kier molecular flexibility index (Phi) is 5.04. The lowest BCUT2D eigenvalue weighted by molar-refractivity contribution is 0.126. The van der Waals surface area contributed by atoms with Crippen LogP contribution in [0.3, 0.4) is 0 Å². The van der Waals surface area contributed by atoms with Gasteiger partial charge in [0, 0.05) is 11.1 Å². The fraction of sp³-hybridized carbons (Fsp3) is 0.0370. The highest BCUT2D eigenvalue weighted by atomic mass is 16.6. The average molecular weight is 445 g/mol. The second kappa shape index (κ2) is 8.63. The number of nitrogens with zero attached hydrogens (tertiary/aromatic N) is 5. The van der Waals surface area contributed by atoms with Crippen LogP contribution in [0.25, 0.3) is 39.2 Å². The Bertz CT molecular complexity index is 1590. The molecule has 0 saturated carbocycles. The number of oxime groups is 1. The normalized spacial score (nSPS) is 11.5. The molecule has 164 valence electrons. The molecule has 0 amide bonds. The van der Waals surface area contributed by atoms with Crippen LogP contribution in [0.2, 0.25) is 0 Å². The summed E-state index contributed by atoms with van der Waals surface area (Å²) in [5.41, 5.74) is 5.03. The van der Waals surface area contributed by atoms with Gasteiger partial charge in [-0.3, -0.25) is 0 Å². The molecule has 7 heteroatoms. The van der Waals surface area contributed by atoms with E-state index in [4.69, 9.17) is 14.2 Å². The monoisotopic (exact) mass is 445 g/mol. The average Bonchev–Trinajstić information content (AvgIpc) is 3.49. The van der Waals surface area contributed by atoms with Gasteiger partial charge in [-0.1, -0.05) is 96.2 Å². The van der Waals surface area contributed by atoms with Gasteiger partial charge in [-0.25, -0.2) is 14.5 Å². The van der Waals surface area contributed by atoms with Crippen LogP contribution in [-0.2, 0) is 11.4 Å². The molecule has 3 aromatic carbocycles. The number of aromatic nitrogens is 4. The van der Waals surface area contributed by atoms with E-state index in [9.17, 15) is 0 Å². The molecular weight excluding hydrogens is 426 g/mol. The number of furan rings is 1. The molecule has 7 nitrogen and oxygen atoms in total. The van der Waals surface area contributed by atoms with Gasteiger partial charge in [0.1, 0.15) is 12.1 Å². The van der Waals surface area contributed by atoms with E-state index >= 15 is 0 Å². The van der Waals surface area contributed by atoms with Crippen LogP contribution in [0, 0.1) is 0 Å². The van der Waals surface area contributed by atoms with E-state index in [1.54, 1.807) is 17.1 Å². The first-order chi connectivity index (χ1) is 16.9. The van der Waals surface area contributed by atoms with E-state index in [-0.39, 0.29) is 6.61 Å². The molecule has 34 heavy (non-hydrogen) atoms. The van der Waals surface area contributed by atoms with Crippen LogP contribution in [0.15, 0.2) is 107 Å². The van der Waals surface area contributed by atoms with E-state index in [1.165, 1.54) is 0 Å². The maximum absolute atomic E-state index is 6.26. The van der Waals surface area contributed by atoms with E-state index in [0.717, 1.165) is 33.4 Å². The van der Waals surface area contributed by atoms with E-state index in [2.05, 4.69) is 27.4 Å². The minimum absolute atomic E-state index is 0.135. The lowest BCUT2D eigenvalue weighted by Gasteiger charge is -2.03. The van der Waals surface area contributed by atoms with E-state index in [0.29, 0.717) is 17.2 Å². The molecule has 0 N–H and O–H groups in total. The van der Waals surface area contributed by atoms with Crippen LogP contribution >= 0.6 is 0 Å². The summed E-state index contributed by atoms with van der Waals surface area (Å²) in [5, 5.41) is 9.36. The number of hydrogen-bond acceptors (Lipinski definition) is 6. The lowest BCUT2D eigenvalue weighted by Crippen LogP contribution is -1.92. The van der Waals surface area contributed by atoms with Crippen molar-refractivity contribution in [2.45, 2.75) is 6.61 Å². The maximum Gasteiger partial charge on any atom is 0.232 e. The Labute approximate surface area is 195 Å². The first kappa shape index (κ1) is 19.9. The predicted octanol–water partition coefficient (Wildman–Crippen LogP) is 5.76. The molecule has 3 heterocycles. The molecule has 6 aromatic rings. The Morgan fingerprint density at radius 3 is 2.26 bits per heavy atom. The molecule has 0 saturated heterocycles. The van der Waals surface area contributed by atoms with Gasteiger partial charge in [0.05, 0.1) is 11.6 Å². The van der Waals surface area contributed by atoms with Crippen molar-refractivity contribution in [1.82, 2.24) is 19.6 Å². The summed E-state index contributed by atoms with van der Waals surface area (Å²) in [6.07, 6.45) is 3.26. The summed E-state index contributed by atoms with van der Waals surface area (Å²) in [7, 11) is 0. The fourth-order valence-corrected chi connectivity index (χ4v) is 3.91. The molecule has 0 atom stereocenters. The molecule has 0 aliphatic carbocycles. The summed E-state index contributed by atoms with van der Waals surface area (Å²) in [4.78, 5) is 14.7. The Hall–Kier alpha value is -4.78. The van der Waals surface area contributed by atoms with Crippen LogP contribution in [-0.4, -0.2) is 25.8 Å². The van der Waals surface area contributed by atoms with Gasteiger partial charge in [-0.15, -0.1) is 5.10 Å². The SMILES string of the molecule is C(=N/OCc1nc2c3c(-c4ccccc4)c(-c4ccccc4)oc3ncn2n1)/c1ccccc1. The van der Waals surface area contributed by atoms with Gasteiger partial charge in [0.25, 0.3) is 0 Å². The molecule has 3 aromatic heterocycles. The molecule has 6 rings (SSSR count). The summed E-state index contributed by atoms with van der Waals surface area (Å²) in [5.74, 6) is 1.25. The van der Waals surface area contributed by atoms with Gasteiger partial charge in [0.15, 0.2) is 18.1 Å². The molecular formula is C27H19N5O2. The summed E-state index contributed by atoms with van der Waals surface area (Å²) < 4.78 is 7.91. The number of benzene rings is 3. The van der Waals surface area contributed by atoms with Crippen molar-refractivity contribution >= 4 is 23.0 Å². The summed E-state index contributed by atoms with van der Waals surface area (Å²) >= 11 is 0. The third kappa shape index (κ3) is 3.69. The second-order valence-corrected chi connectivity index (χ2v) is 7.68. The van der Waals surface area contributed by atoms with Crippen molar-refractivity contribution in [1.29, 1.82) is 0 Å². The second-order valence-electron chi connectivity index (χ2n) is 7.68. The zero-order valence-electron chi connectivity index (χ0n) is 18.1. The fourth-order valence-electron chi connectivity index (χ4n) is 3.91. The van der Waals surface area contributed by atoms with Crippen LogP contribution in [0.5, 0.6) is 0 Å². The van der Waals surface area contributed by atoms with Crippen molar-refractivity contribution in [2.24, 2.45) is 5.16 Å². The number of hydrogen-bond donors (Lipinski definition) is 0. The number of fused-ring (bicyclic) bond motifs is 3. The molecule has 0 fully saturated rings. The van der Waals surface area contributed by atoms with Crippen LogP contribution in [0.4, 0.5) is 0 Å². The zero-order chi connectivity index (χ0) is 22.7. The maximum atomic E-state index is 6.26. The molecule has 0 spiro atoms. The van der Waals surface area contributed by atoms with Gasteiger partial charge >= 0.3 is 0 Å². The quantitative estimate of drug-likeness (QED) is 0.241. The predicted molar refractivity (Wildman–Crippen MR) is 130 cm³/mol. The Morgan fingerprint density at radius 2 is 1.53 bits per heavy atom. The Morgan fingerprint density at radius 1 is 0.853 bits per heavy atom. The summed E-state index contributed by atoms with van der Waals surface area (Å²) in [6, 6.07) is 29.9. The van der Waals surface area contributed by atoms with E-state index in [1.807, 2.05) is 78.9 Å². The zero-order valence-corrected chi connectivity index (χ0v) is 18.1. The van der Waals surface area contributed by atoms with Crippen molar-refractivity contribution in [3.05, 3.63) is 109 Å². The highest BCUT2D eigenvalue weighted by molar-refractivity contribution is 6.07. The molecule has 0 bridgehead atoms. The van der Waals surface area contributed by atoms with Crippen LogP contribution < -0.4 is 0 Å². The highest BCUT2D eigenvalue weighted by Gasteiger charge is 2.22. The first-order valence-electron chi connectivity index (χ1n) is 10.8. The highest BCUT2D eigenvalue weighted by Crippen LogP contribution is 2.41. The Balaban J connectivity index is 1.43. The van der Waals surface area contributed by atoms with Gasteiger partial charge < -0.3 is 9.25 Å². The van der Waals surface area contributed by atoms with E-state index < -0.39 is 0 Å². The molecule has 0 unspecified atom stereocenters. The van der Waals surface area contributed by atoms with Crippen molar-refractivity contribution < 1.29 is 9.25 Å². The first-order valence-corrected chi connectivity index (χ1v) is 10.8. The van der Waals surface area contributed by atoms with Crippen LogP contribution in [0.1, 0.15) is 11.4 Å². The van der Waals surface area contributed by atoms with Gasteiger partial charge in [-0.05, 0) is 11.1 Å². The molecule has 0 aliphatic heterocycles.